The molecular weight excluding hydrogens is 375 g/mol. The van der Waals surface area contributed by atoms with Crippen LogP contribution in [0.2, 0.25) is 0 Å². The number of methoxy groups -OCH3 is 1. The molecule has 0 aliphatic heterocycles. The molecule has 0 fully saturated rings. The number of aryl methyl sites for hydroxylation is 1. The van der Waals surface area contributed by atoms with Crippen molar-refractivity contribution in [3.8, 4) is 17.2 Å². The third-order valence-electron chi connectivity index (χ3n) is 3.87. The molecule has 0 aliphatic carbocycles. The van der Waals surface area contributed by atoms with E-state index >= 15 is 0 Å². The Morgan fingerprint density at radius 1 is 1.07 bits per heavy atom. The third-order valence-corrected chi connectivity index (χ3v) is 3.87. The van der Waals surface area contributed by atoms with Crippen LogP contribution in [0.3, 0.4) is 0 Å². The maximum absolute atomic E-state index is 12.5. The number of aromatic nitrogens is 2. The Morgan fingerprint density at radius 3 is 2.36 bits per heavy atom. The molecule has 0 unspecified atom stereocenters. The lowest BCUT2D eigenvalue weighted by Gasteiger charge is -2.08. The summed E-state index contributed by atoms with van der Waals surface area (Å²) >= 11 is 0. The van der Waals surface area contributed by atoms with Gasteiger partial charge >= 0.3 is 6.18 Å². The van der Waals surface area contributed by atoms with Crippen LogP contribution >= 0.6 is 0 Å². The van der Waals surface area contributed by atoms with Crippen molar-refractivity contribution in [3.05, 3.63) is 60.0 Å². The Balaban J connectivity index is 1.54. The van der Waals surface area contributed by atoms with Crippen molar-refractivity contribution in [3.63, 3.8) is 0 Å². The van der Waals surface area contributed by atoms with Gasteiger partial charge in [-0.2, -0.15) is 13.2 Å². The topological polar surface area (TPSA) is 77.2 Å². The van der Waals surface area contributed by atoms with Crippen molar-refractivity contribution in [2.24, 2.45) is 0 Å². The highest BCUT2D eigenvalue weighted by molar-refractivity contribution is 5.90. The van der Waals surface area contributed by atoms with Crippen LogP contribution in [0, 0.1) is 0 Å². The molecule has 1 aromatic heterocycles. The molecule has 146 valence electrons. The van der Waals surface area contributed by atoms with Crippen LogP contribution in [-0.4, -0.2) is 23.2 Å². The number of hydrogen-bond donors (Lipinski definition) is 1. The van der Waals surface area contributed by atoms with Gasteiger partial charge in [0.25, 0.3) is 0 Å². The van der Waals surface area contributed by atoms with Crippen molar-refractivity contribution >= 4 is 11.6 Å². The predicted molar refractivity (Wildman–Crippen MR) is 94.7 cm³/mol. The Labute approximate surface area is 158 Å². The van der Waals surface area contributed by atoms with E-state index in [1.54, 1.807) is 31.4 Å². The fraction of sp³-hybridized carbons (Fsp3) is 0.211. The van der Waals surface area contributed by atoms with E-state index in [0.717, 1.165) is 12.1 Å². The molecule has 1 amide bonds. The molecule has 0 radical (unpaired) electrons. The molecule has 1 N–H and O–H groups in total. The second kappa shape index (κ2) is 8.12. The lowest BCUT2D eigenvalue weighted by atomic mass is 10.2. The standard InChI is InChI=1S/C19H16F3N3O3/c1-27-15-8-2-12(3-9-15)18-25-24-17(28-18)11-10-16(26)23-14-6-4-13(5-7-14)19(20,21)22/h2-9H,10-11H2,1H3,(H,23,26). The summed E-state index contributed by atoms with van der Waals surface area (Å²) in [6, 6.07) is 11.3. The zero-order chi connectivity index (χ0) is 20.1. The number of nitrogens with zero attached hydrogens (tertiary/aromatic N) is 2. The van der Waals surface area contributed by atoms with E-state index in [2.05, 4.69) is 15.5 Å². The first-order chi connectivity index (χ1) is 13.3. The van der Waals surface area contributed by atoms with Gasteiger partial charge in [0, 0.05) is 24.1 Å². The second-order valence-corrected chi connectivity index (χ2v) is 5.85. The molecule has 2 aromatic carbocycles. The van der Waals surface area contributed by atoms with Gasteiger partial charge in [0.15, 0.2) is 0 Å². The summed E-state index contributed by atoms with van der Waals surface area (Å²) in [5, 5.41) is 10.4. The van der Waals surface area contributed by atoms with Gasteiger partial charge in [-0.3, -0.25) is 4.79 Å². The first-order valence-corrected chi connectivity index (χ1v) is 8.29. The number of amides is 1. The average molecular weight is 391 g/mol. The Hall–Kier alpha value is -3.36. The van der Waals surface area contributed by atoms with Gasteiger partial charge in [-0.15, -0.1) is 10.2 Å². The van der Waals surface area contributed by atoms with Crippen LogP contribution in [-0.2, 0) is 17.4 Å². The van der Waals surface area contributed by atoms with Crippen LogP contribution in [0.15, 0.2) is 52.9 Å². The number of rotatable bonds is 6. The average Bonchev–Trinajstić information content (AvgIpc) is 3.15. The van der Waals surface area contributed by atoms with E-state index < -0.39 is 11.7 Å². The highest BCUT2D eigenvalue weighted by atomic mass is 19.4. The van der Waals surface area contributed by atoms with E-state index in [9.17, 15) is 18.0 Å². The van der Waals surface area contributed by atoms with Gasteiger partial charge in [0.05, 0.1) is 12.7 Å². The zero-order valence-corrected chi connectivity index (χ0v) is 14.8. The number of hydrogen-bond acceptors (Lipinski definition) is 5. The SMILES string of the molecule is COc1ccc(-c2nnc(CCC(=O)Nc3ccc(C(F)(F)F)cc3)o2)cc1. The maximum atomic E-state index is 12.5. The van der Waals surface area contributed by atoms with Crippen molar-refractivity contribution in [2.75, 3.05) is 12.4 Å². The number of carbonyl (C=O) groups excluding carboxylic acids is 1. The molecule has 1 heterocycles. The Morgan fingerprint density at radius 2 is 1.75 bits per heavy atom. The highest BCUT2D eigenvalue weighted by Crippen LogP contribution is 2.29. The van der Waals surface area contributed by atoms with Crippen molar-refractivity contribution in [1.29, 1.82) is 0 Å². The minimum absolute atomic E-state index is 0.0469. The number of carbonyl (C=O) groups is 1. The zero-order valence-electron chi connectivity index (χ0n) is 14.8. The molecule has 0 aliphatic rings. The van der Waals surface area contributed by atoms with Crippen molar-refractivity contribution in [2.45, 2.75) is 19.0 Å². The summed E-state index contributed by atoms with van der Waals surface area (Å²) in [7, 11) is 1.57. The van der Waals surface area contributed by atoms with Gasteiger partial charge in [-0.05, 0) is 48.5 Å². The normalized spacial score (nSPS) is 11.3. The number of ether oxygens (including phenoxy) is 1. The van der Waals surface area contributed by atoms with Crippen molar-refractivity contribution in [1.82, 2.24) is 10.2 Å². The van der Waals surface area contributed by atoms with Crippen LogP contribution < -0.4 is 10.1 Å². The molecule has 3 aromatic rings. The van der Waals surface area contributed by atoms with Gasteiger partial charge in [0.1, 0.15) is 5.75 Å². The maximum Gasteiger partial charge on any atom is 0.416 e. The van der Waals surface area contributed by atoms with Crippen LogP contribution in [0.25, 0.3) is 11.5 Å². The number of nitrogens with one attached hydrogen (secondary N) is 1. The quantitative estimate of drug-likeness (QED) is 0.677. The summed E-state index contributed by atoms with van der Waals surface area (Å²) in [6.45, 7) is 0. The first kappa shape index (κ1) is 19.4. The first-order valence-electron chi connectivity index (χ1n) is 8.29. The minimum Gasteiger partial charge on any atom is -0.497 e. The molecule has 0 spiro atoms. The fourth-order valence-corrected chi connectivity index (χ4v) is 2.39. The van der Waals surface area contributed by atoms with E-state index in [1.165, 1.54) is 12.1 Å². The number of benzene rings is 2. The molecule has 0 bridgehead atoms. The van der Waals surface area contributed by atoms with E-state index in [0.29, 0.717) is 17.2 Å². The minimum atomic E-state index is -4.41. The van der Waals surface area contributed by atoms with Crippen molar-refractivity contribution < 1.29 is 27.1 Å². The molecule has 6 nitrogen and oxygen atoms in total. The summed E-state index contributed by atoms with van der Waals surface area (Å²) in [5.41, 5.74) is 0.221. The molecule has 0 saturated carbocycles. The predicted octanol–water partition coefficient (Wildman–Crippen LogP) is 4.34. The third kappa shape index (κ3) is 4.87. The smallest absolute Gasteiger partial charge is 0.416 e. The Bertz CT molecular complexity index is 936. The lowest BCUT2D eigenvalue weighted by molar-refractivity contribution is -0.137. The summed E-state index contributed by atoms with van der Waals surface area (Å²) in [5.74, 6) is 0.932. The molecule has 9 heteroatoms. The number of halogens is 3. The number of anilines is 1. The molecule has 0 saturated heterocycles. The second-order valence-electron chi connectivity index (χ2n) is 5.85. The summed E-state index contributed by atoms with van der Waals surface area (Å²) in [4.78, 5) is 12.0. The molecule has 3 rings (SSSR count). The van der Waals surface area contributed by atoms with Gasteiger partial charge in [-0.1, -0.05) is 0 Å². The number of alkyl halides is 3. The van der Waals surface area contributed by atoms with Crippen LogP contribution in [0.5, 0.6) is 5.75 Å². The lowest BCUT2D eigenvalue weighted by Crippen LogP contribution is -2.13. The molecule has 0 atom stereocenters. The summed E-state index contributed by atoms with van der Waals surface area (Å²) < 4.78 is 48.2. The monoisotopic (exact) mass is 391 g/mol. The summed E-state index contributed by atoms with van der Waals surface area (Å²) in [6.07, 6.45) is -4.16. The fourth-order valence-electron chi connectivity index (χ4n) is 2.39. The van der Waals surface area contributed by atoms with E-state index in [4.69, 9.17) is 9.15 Å². The Kier molecular flexibility index (Phi) is 5.62. The van der Waals surface area contributed by atoms with E-state index in [1.807, 2.05) is 0 Å². The van der Waals surface area contributed by atoms with Gasteiger partial charge in [-0.25, -0.2) is 0 Å². The van der Waals surface area contributed by atoms with Gasteiger partial charge in [0.2, 0.25) is 17.7 Å². The van der Waals surface area contributed by atoms with E-state index in [-0.39, 0.29) is 30.3 Å². The largest absolute Gasteiger partial charge is 0.497 e. The molecule has 28 heavy (non-hydrogen) atoms. The van der Waals surface area contributed by atoms with Gasteiger partial charge < -0.3 is 14.5 Å². The molecular formula is C19H16F3N3O3. The highest BCUT2D eigenvalue weighted by Gasteiger charge is 2.29. The van der Waals surface area contributed by atoms with Crippen LogP contribution in [0.4, 0.5) is 18.9 Å². The van der Waals surface area contributed by atoms with Crippen LogP contribution in [0.1, 0.15) is 17.9 Å².